The van der Waals surface area contributed by atoms with Crippen molar-refractivity contribution in [2.75, 3.05) is 0 Å². The lowest BCUT2D eigenvalue weighted by Crippen LogP contribution is -1.96. The van der Waals surface area contributed by atoms with E-state index in [-0.39, 0.29) is 4.90 Å². The van der Waals surface area contributed by atoms with Crippen LogP contribution in [0.3, 0.4) is 0 Å². The summed E-state index contributed by atoms with van der Waals surface area (Å²) < 4.78 is 58.6. The predicted molar refractivity (Wildman–Crippen MR) is 50.1 cm³/mol. The van der Waals surface area contributed by atoms with Crippen LogP contribution in [0.15, 0.2) is 29.2 Å². The van der Waals surface area contributed by atoms with Crippen LogP contribution in [0, 0.1) is 6.92 Å². The monoisotopic (exact) mass is 240 g/mol. The summed E-state index contributed by atoms with van der Waals surface area (Å²) >= 11 is 0. The van der Waals surface area contributed by atoms with Crippen LogP contribution in [0.2, 0.25) is 0 Å². The fourth-order valence-electron chi connectivity index (χ4n) is 0.710. The Labute approximate surface area is 85.9 Å². The molecule has 3 nitrogen and oxygen atoms in total. The van der Waals surface area contributed by atoms with Crippen LogP contribution in [0.4, 0.5) is 12.9 Å². The molecule has 0 heterocycles. The highest BCUT2D eigenvalue weighted by Crippen LogP contribution is 2.08. The summed E-state index contributed by atoms with van der Waals surface area (Å²) in [6, 6.07) is 5.99. The third kappa shape index (κ3) is 6.98. The van der Waals surface area contributed by atoms with Crippen molar-refractivity contribution in [2.45, 2.75) is 11.8 Å². The third-order valence-electron chi connectivity index (χ3n) is 1.32. The maximum absolute atomic E-state index is 10.5. The number of halogens is 3. The van der Waals surface area contributed by atoms with E-state index >= 15 is 0 Å². The summed E-state index contributed by atoms with van der Waals surface area (Å²) in [5.41, 5.74) is 0.956. The molecule has 0 saturated heterocycles. The molecule has 0 aliphatic rings. The van der Waals surface area contributed by atoms with Crippen molar-refractivity contribution in [1.29, 1.82) is 0 Å². The molecule has 0 fully saturated rings. The van der Waals surface area contributed by atoms with Gasteiger partial charge in [0.25, 0.3) is 10.1 Å². The van der Waals surface area contributed by atoms with E-state index in [1.807, 2.05) is 6.92 Å². The molecular weight excluding hydrogens is 232 g/mol. The smallest absolute Gasteiger partial charge is 0.282 e. The fourth-order valence-corrected chi connectivity index (χ4v) is 1.19. The van der Waals surface area contributed by atoms with Crippen molar-refractivity contribution >= 4 is 17.7 Å². The first-order valence-corrected chi connectivity index (χ1v) is 5.14. The maximum atomic E-state index is 10.5. The highest BCUT2D eigenvalue weighted by atomic mass is 32.2. The summed E-state index contributed by atoms with van der Waals surface area (Å²) in [5, 5.41) is 0. The van der Waals surface area contributed by atoms with Crippen molar-refractivity contribution < 1.29 is 25.9 Å². The van der Waals surface area contributed by atoms with Crippen molar-refractivity contribution in [3.8, 4) is 0 Å². The molecule has 0 atom stereocenters. The second-order valence-corrected chi connectivity index (χ2v) is 3.96. The molecular formula is C7H8BF3O3S. The summed E-state index contributed by atoms with van der Waals surface area (Å²) in [5.74, 6) is 0. The Hall–Kier alpha value is -1.02. The summed E-state index contributed by atoms with van der Waals surface area (Å²) in [6.45, 7) is 1.84. The van der Waals surface area contributed by atoms with Crippen LogP contribution >= 0.6 is 0 Å². The van der Waals surface area contributed by atoms with Crippen molar-refractivity contribution in [1.82, 2.24) is 0 Å². The quantitative estimate of drug-likeness (QED) is 0.604. The van der Waals surface area contributed by atoms with Gasteiger partial charge in [0.05, 0.1) is 4.90 Å². The number of aryl methyl sites for hydroxylation is 1. The predicted octanol–water partition coefficient (Wildman–Crippen LogP) is 2.12. The van der Waals surface area contributed by atoms with Gasteiger partial charge in [-0.15, -0.1) is 0 Å². The SMILES string of the molecule is Cc1ccc(S(=O)(=O)O)cc1.FB(F)F. The Morgan fingerprint density at radius 2 is 1.47 bits per heavy atom. The van der Waals surface area contributed by atoms with Gasteiger partial charge in [0, 0.05) is 0 Å². The average molecular weight is 240 g/mol. The van der Waals surface area contributed by atoms with Gasteiger partial charge in [-0.2, -0.15) is 8.42 Å². The van der Waals surface area contributed by atoms with Crippen LogP contribution < -0.4 is 0 Å². The van der Waals surface area contributed by atoms with Gasteiger partial charge in [0.1, 0.15) is 0 Å². The van der Waals surface area contributed by atoms with Crippen LogP contribution in [0.5, 0.6) is 0 Å². The molecule has 0 radical (unpaired) electrons. The topological polar surface area (TPSA) is 54.4 Å². The number of benzene rings is 1. The minimum absolute atomic E-state index is 0.0666. The minimum atomic E-state index is -4.02. The molecule has 0 aliphatic heterocycles. The van der Waals surface area contributed by atoms with E-state index in [0.29, 0.717) is 0 Å². The molecule has 1 aromatic rings. The fraction of sp³-hybridized carbons (Fsp3) is 0.143. The Kier molecular flexibility index (Phi) is 5.38. The molecule has 1 N–H and O–H groups in total. The van der Waals surface area contributed by atoms with Crippen LogP contribution in [0.25, 0.3) is 0 Å². The lowest BCUT2D eigenvalue weighted by atomic mass is 10.2. The van der Waals surface area contributed by atoms with Gasteiger partial charge in [0.15, 0.2) is 0 Å². The molecule has 0 spiro atoms. The standard InChI is InChI=1S/C7H8O3S.BF3/c1-6-2-4-7(5-3-6)11(8,9)10;2-1(3)4/h2-5H,1H3,(H,8,9,10);. The van der Waals surface area contributed by atoms with E-state index in [9.17, 15) is 21.4 Å². The van der Waals surface area contributed by atoms with E-state index in [1.165, 1.54) is 12.1 Å². The number of hydrogen-bond acceptors (Lipinski definition) is 2. The minimum Gasteiger partial charge on any atom is -0.282 e. The second-order valence-electron chi connectivity index (χ2n) is 2.54. The van der Waals surface area contributed by atoms with E-state index in [1.54, 1.807) is 12.1 Å². The lowest BCUT2D eigenvalue weighted by molar-refractivity contribution is 0.483. The van der Waals surface area contributed by atoms with Gasteiger partial charge in [-0.05, 0) is 19.1 Å². The zero-order chi connectivity index (χ0) is 12.1. The van der Waals surface area contributed by atoms with Gasteiger partial charge >= 0.3 is 7.54 Å². The van der Waals surface area contributed by atoms with Gasteiger partial charge in [-0.1, -0.05) is 17.7 Å². The number of rotatable bonds is 1. The molecule has 0 aliphatic carbocycles. The molecule has 8 heteroatoms. The zero-order valence-electron chi connectivity index (χ0n) is 7.69. The largest absolute Gasteiger partial charge is 0.762 e. The first-order valence-electron chi connectivity index (χ1n) is 3.70. The zero-order valence-corrected chi connectivity index (χ0v) is 8.51. The molecule has 84 valence electrons. The van der Waals surface area contributed by atoms with Crippen LogP contribution in [-0.4, -0.2) is 20.5 Å². The maximum Gasteiger partial charge on any atom is 0.762 e. The van der Waals surface area contributed by atoms with Crippen molar-refractivity contribution in [3.63, 3.8) is 0 Å². The van der Waals surface area contributed by atoms with E-state index < -0.39 is 17.7 Å². The second kappa shape index (κ2) is 5.77. The first kappa shape index (κ1) is 14.0. The number of hydrogen-bond donors (Lipinski definition) is 1. The Balaban J connectivity index is 0.000000423. The third-order valence-corrected chi connectivity index (χ3v) is 2.19. The normalized spacial score (nSPS) is 10.2. The highest BCUT2D eigenvalue weighted by molar-refractivity contribution is 7.85. The van der Waals surface area contributed by atoms with E-state index in [4.69, 9.17) is 4.55 Å². The molecule has 0 aromatic heterocycles. The molecule has 1 aromatic carbocycles. The lowest BCUT2D eigenvalue weighted by Gasteiger charge is -1.95. The molecule has 15 heavy (non-hydrogen) atoms. The molecule has 0 saturated carbocycles. The van der Waals surface area contributed by atoms with Crippen LogP contribution in [-0.2, 0) is 10.1 Å². The molecule has 0 bridgehead atoms. The average Bonchev–Trinajstić information content (AvgIpc) is 2.01. The summed E-state index contributed by atoms with van der Waals surface area (Å²) in [6.07, 6.45) is 0. The molecule has 0 unspecified atom stereocenters. The van der Waals surface area contributed by atoms with Gasteiger partial charge in [-0.25, -0.2) is 0 Å². The van der Waals surface area contributed by atoms with Gasteiger partial charge < -0.3 is 0 Å². The molecule has 1 rings (SSSR count). The first-order chi connectivity index (χ1) is 6.73. The molecule has 0 amide bonds. The summed E-state index contributed by atoms with van der Waals surface area (Å²) in [4.78, 5) is -0.0666. The van der Waals surface area contributed by atoms with Crippen LogP contribution in [0.1, 0.15) is 5.56 Å². The van der Waals surface area contributed by atoms with Crippen molar-refractivity contribution in [2.24, 2.45) is 0 Å². The van der Waals surface area contributed by atoms with E-state index in [2.05, 4.69) is 0 Å². The van der Waals surface area contributed by atoms with E-state index in [0.717, 1.165) is 5.56 Å². The Morgan fingerprint density at radius 1 is 1.13 bits per heavy atom. The Bertz CT molecular complexity index is 388. The van der Waals surface area contributed by atoms with Gasteiger partial charge in [-0.3, -0.25) is 17.5 Å². The van der Waals surface area contributed by atoms with Crippen molar-refractivity contribution in [3.05, 3.63) is 29.8 Å². The summed E-state index contributed by atoms with van der Waals surface area (Å²) in [7, 11) is -7.69. The highest BCUT2D eigenvalue weighted by Gasteiger charge is 2.07. The Morgan fingerprint density at radius 3 is 1.73 bits per heavy atom. The van der Waals surface area contributed by atoms with Gasteiger partial charge in [0.2, 0.25) is 0 Å².